The highest BCUT2D eigenvalue weighted by Gasteiger charge is 2.34. The molecule has 7 heteroatoms. The molecule has 1 heterocycles. The van der Waals surface area contributed by atoms with Crippen LogP contribution in [0, 0.1) is 5.41 Å². The number of aromatic amines is 1. The Labute approximate surface area is 192 Å². The van der Waals surface area contributed by atoms with Crippen LogP contribution in [0.4, 0.5) is 11.5 Å². The van der Waals surface area contributed by atoms with Gasteiger partial charge in [0.15, 0.2) is 0 Å². The smallest absolute Gasteiger partial charge is 0.337 e. The zero-order valence-corrected chi connectivity index (χ0v) is 19.1. The molecule has 0 radical (unpaired) electrons. The monoisotopic (exact) mass is 453 g/mol. The van der Waals surface area contributed by atoms with E-state index in [1.54, 1.807) is 12.1 Å². The van der Waals surface area contributed by atoms with Crippen molar-refractivity contribution < 1.29 is 14.3 Å². The fraction of sp³-hybridized carbons (Fsp3) is 0.360. The summed E-state index contributed by atoms with van der Waals surface area (Å²) in [4.78, 5) is 27.8. The van der Waals surface area contributed by atoms with Crippen molar-refractivity contribution >= 4 is 45.9 Å². The Bertz CT molecular complexity index is 1150. The minimum absolute atomic E-state index is 0.124. The van der Waals surface area contributed by atoms with E-state index in [1.165, 1.54) is 13.5 Å². The highest BCUT2D eigenvalue weighted by molar-refractivity contribution is 6.33. The van der Waals surface area contributed by atoms with Gasteiger partial charge in [0.25, 0.3) is 0 Å². The molecule has 6 nitrogen and oxygen atoms in total. The number of H-pyrrole nitrogens is 1. The molecule has 1 amide bonds. The van der Waals surface area contributed by atoms with Crippen LogP contribution >= 0.6 is 11.6 Å². The Morgan fingerprint density at radius 1 is 1.09 bits per heavy atom. The molecule has 1 aliphatic carbocycles. The van der Waals surface area contributed by atoms with Crippen molar-refractivity contribution in [2.75, 3.05) is 12.4 Å². The number of halogens is 1. The van der Waals surface area contributed by atoms with Gasteiger partial charge in [-0.2, -0.15) is 0 Å². The number of benzene rings is 2. The van der Waals surface area contributed by atoms with Crippen LogP contribution < -0.4 is 10.6 Å². The maximum atomic E-state index is 12.7. The third kappa shape index (κ3) is 4.75. The van der Waals surface area contributed by atoms with Crippen LogP contribution in [0.1, 0.15) is 54.9 Å². The van der Waals surface area contributed by atoms with Gasteiger partial charge in [0.05, 0.1) is 23.4 Å². The molecule has 0 saturated heterocycles. The molecule has 0 unspecified atom stereocenters. The second kappa shape index (κ2) is 9.25. The normalized spacial score (nSPS) is 15.3. The number of amides is 1. The SMILES string of the molecule is COC(=O)c1ccc2[nH]c(Nc3cc(CNC(=O)C4(C)CCCCC4)ccc3Cl)cc2c1. The zero-order chi connectivity index (χ0) is 22.7. The Morgan fingerprint density at radius 3 is 2.62 bits per heavy atom. The van der Waals surface area contributed by atoms with Gasteiger partial charge in [-0.15, -0.1) is 0 Å². The summed E-state index contributed by atoms with van der Waals surface area (Å²) in [7, 11) is 1.36. The molecule has 3 aromatic rings. The summed E-state index contributed by atoms with van der Waals surface area (Å²) in [5.41, 5.74) is 2.82. The van der Waals surface area contributed by atoms with Crippen molar-refractivity contribution in [2.24, 2.45) is 5.41 Å². The van der Waals surface area contributed by atoms with Gasteiger partial charge in [-0.1, -0.05) is 43.9 Å². The number of aromatic nitrogens is 1. The number of rotatable bonds is 6. The van der Waals surface area contributed by atoms with E-state index in [0.29, 0.717) is 17.1 Å². The molecule has 1 fully saturated rings. The molecule has 4 rings (SSSR count). The molecule has 32 heavy (non-hydrogen) atoms. The van der Waals surface area contributed by atoms with Crippen LogP contribution in [0.3, 0.4) is 0 Å². The van der Waals surface area contributed by atoms with E-state index in [2.05, 4.69) is 22.5 Å². The number of nitrogens with one attached hydrogen (secondary N) is 3. The molecule has 0 bridgehead atoms. The summed E-state index contributed by atoms with van der Waals surface area (Å²) in [6.07, 6.45) is 5.34. The zero-order valence-electron chi connectivity index (χ0n) is 18.4. The number of methoxy groups -OCH3 is 1. The summed E-state index contributed by atoms with van der Waals surface area (Å²) in [5, 5.41) is 7.87. The van der Waals surface area contributed by atoms with Crippen molar-refractivity contribution in [2.45, 2.75) is 45.6 Å². The van der Waals surface area contributed by atoms with Crippen LogP contribution in [-0.2, 0) is 16.1 Å². The van der Waals surface area contributed by atoms with Gasteiger partial charge >= 0.3 is 5.97 Å². The second-order valence-corrected chi connectivity index (χ2v) is 9.13. The first-order valence-corrected chi connectivity index (χ1v) is 11.3. The standard InChI is InChI=1S/C25H28ClN3O3/c1-25(10-4-3-5-11-25)24(31)27-15-16-6-8-19(26)21(12-16)29-22-14-18-13-17(23(30)32-2)7-9-20(18)28-22/h6-9,12-14,28-29H,3-5,10-11,15H2,1-2H3,(H,27,31). The summed E-state index contributed by atoms with van der Waals surface area (Å²) < 4.78 is 4.79. The van der Waals surface area contributed by atoms with Crippen LogP contribution in [-0.4, -0.2) is 24.0 Å². The lowest BCUT2D eigenvalue weighted by Gasteiger charge is -2.32. The molecular weight excluding hydrogens is 426 g/mol. The largest absolute Gasteiger partial charge is 0.465 e. The highest BCUT2D eigenvalue weighted by Crippen LogP contribution is 2.36. The topological polar surface area (TPSA) is 83.2 Å². The van der Waals surface area contributed by atoms with E-state index in [1.807, 2.05) is 30.3 Å². The molecule has 0 aliphatic heterocycles. The van der Waals surface area contributed by atoms with Gasteiger partial charge in [-0.25, -0.2) is 4.79 Å². The number of carbonyl (C=O) groups is 2. The predicted molar refractivity (Wildman–Crippen MR) is 127 cm³/mol. The number of fused-ring (bicyclic) bond motifs is 1. The Balaban J connectivity index is 1.47. The third-order valence-electron chi connectivity index (χ3n) is 6.30. The van der Waals surface area contributed by atoms with Gasteiger partial charge in [0.2, 0.25) is 5.91 Å². The maximum absolute atomic E-state index is 12.7. The van der Waals surface area contributed by atoms with Crippen LogP contribution in [0.25, 0.3) is 10.9 Å². The van der Waals surface area contributed by atoms with Gasteiger partial charge in [0.1, 0.15) is 5.82 Å². The van der Waals surface area contributed by atoms with Gasteiger partial charge < -0.3 is 20.4 Å². The quantitative estimate of drug-likeness (QED) is 0.403. The average molecular weight is 454 g/mol. The van der Waals surface area contributed by atoms with E-state index >= 15 is 0 Å². The van der Waals surface area contributed by atoms with Gasteiger partial charge in [-0.05, 0) is 54.8 Å². The van der Waals surface area contributed by atoms with E-state index < -0.39 is 0 Å². The van der Waals surface area contributed by atoms with Gasteiger partial charge in [0, 0.05) is 22.9 Å². The molecule has 2 aromatic carbocycles. The van der Waals surface area contributed by atoms with E-state index in [0.717, 1.165) is 53.7 Å². The van der Waals surface area contributed by atoms with Crippen molar-refractivity contribution in [3.63, 3.8) is 0 Å². The molecule has 1 aromatic heterocycles. The molecule has 3 N–H and O–H groups in total. The molecule has 1 aliphatic rings. The minimum atomic E-state index is -0.373. The predicted octanol–water partition coefficient (Wildman–Crippen LogP) is 5.94. The molecule has 0 spiro atoms. The van der Waals surface area contributed by atoms with Crippen LogP contribution in [0.5, 0.6) is 0 Å². The fourth-order valence-corrected chi connectivity index (χ4v) is 4.49. The van der Waals surface area contributed by atoms with Crippen LogP contribution in [0.15, 0.2) is 42.5 Å². The highest BCUT2D eigenvalue weighted by atomic mass is 35.5. The summed E-state index contributed by atoms with van der Waals surface area (Å²) in [5.74, 6) is 0.501. The lowest BCUT2D eigenvalue weighted by Crippen LogP contribution is -2.39. The van der Waals surface area contributed by atoms with E-state index in [9.17, 15) is 9.59 Å². The van der Waals surface area contributed by atoms with Gasteiger partial charge in [-0.3, -0.25) is 4.79 Å². The molecule has 1 saturated carbocycles. The summed E-state index contributed by atoms with van der Waals surface area (Å²) in [6.45, 7) is 2.52. The number of esters is 1. The van der Waals surface area contributed by atoms with Crippen molar-refractivity contribution in [3.05, 3.63) is 58.6 Å². The number of hydrogen-bond donors (Lipinski definition) is 3. The number of anilines is 2. The first kappa shape index (κ1) is 22.2. The lowest BCUT2D eigenvalue weighted by molar-refractivity contribution is -0.132. The van der Waals surface area contributed by atoms with Crippen molar-refractivity contribution in [1.29, 1.82) is 0 Å². The average Bonchev–Trinajstić information content (AvgIpc) is 3.20. The number of hydrogen-bond acceptors (Lipinski definition) is 4. The minimum Gasteiger partial charge on any atom is -0.465 e. The molecule has 0 atom stereocenters. The van der Waals surface area contributed by atoms with Crippen molar-refractivity contribution in [1.82, 2.24) is 10.3 Å². The summed E-state index contributed by atoms with van der Waals surface area (Å²) >= 11 is 6.41. The Kier molecular flexibility index (Phi) is 6.42. The maximum Gasteiger partial charge on any atom is 0.337 e. The first-order valence-electron chi connectivity index (χ1n) is 10.9. The number of ether oxygens (including phenoxy) is 1. The fourth-order valence-electron chi connectivity index (χ4n) is 4.32. The Hall–Kier alpha value is -2.99. The van der Waals surface area contributed by atoms with Crippen molar-refractivity contribution in [3.8, 4) is 0 Å². The lowest BCUT2D eigenvalue weighted by atomic mass is 9.75. The van der Waals surface area contributed by atoms with E-state index in [-0.39, 0.29) is 17.3 Å². The molecular formula is C25H28ClN3O3. The molecule has 168 valence electrons. The third-order valence-corrected chi connectivity index (χ3v) is 6.63. The summed E-state index contributed by atoms with van der Waals surface area (Å²) in [6, 6.07) is 12.9. The Morgan fingerprint density at radius 2 is 1.88 bits per heavy atom. The van der Waals surface area contributed by atoms with Crippen LogP contribution in [0.2, 0.25) is 5.02 Å². The first-order chi connectivity index (χ1) is 15.4. The number of carbonyl (C=O) groups excluding carboxylic acids is 2. The second-order valence-electron chi connectivity index (χ2n) is 8.72. The van der Waals surface area contributed by atoms with E-state index in [4.69, 9.17) is 16.3 Å².